The minimum atomic E-state index is -1.22. The fraction of sp³-hybridized carbons (Fsp3) is 0.731. The number of aliphatic carboxylic acids is 2. The van der Waals surface area contributed by atoms with Crippen LogP contribution in [0.2, 0.25) is 0 Å². The van der Waals surface area contributed by atoms with Crippen molar-refractivity contribution in [1.29, 1.82) is 0 Å². The van der Waals surface area contributed by atoms with Gasteiger partial charge >= 0.3 is 17.9 Å². The van der Waals surface area contributed by atoms with Gasteiger partial charge in [0.15, 0.2) is 0 Å². The average Bonchev–Trinajstić information content (AvgIpc) is 3.13. The van der Waals surface area contributed by atoms with Crippen LogP contribution in [0.25, 0.3) is 0 Å². The molecule has 1 aliphatic rings. The number of carboxylic acids is 2. The smallest absolute Gasteiger partial charge is 0.333 e. The van der Waals surface area contributed by atoms with Crippen LogP contribution < -0.4 is 5.32 Å². The Bertz CT molecular complexity index is 736. The molecule has 1 atom stereocenters. The fourth-order valence-electron chi connectivity index (χ4n) is 4.01. The van der Waals surface area contributed by atoms with E-state index in [0.717, 1.165) is 56.4 Å². The molecule has 0 aromatic rings. The van der Waals surface area contributed by atoms with Gasteiger partial charge in [0.1, 0.15) is 6.04 Å². The normalized spacial score (nSPS) is 14.1. The second kappa shape index (κ2) is 18.4. The summed E-state index contributed by atoms with van der Waals surface area (Å²) in [4.78, 5) is 62.5. The predicted molar refractivity (Wildman–Crippen MR) is 132 cm³/mol. The van der Waals surface area contributed by atoms with Crippen LogP contribution in [0.5, 0.6) is 0 Å². The van der Waals surface area contributed by atoms with Crippen molar-refractivity contribution in [3.63, 3.8) is 0 Å². The first-order chi connectivity index (χ1) is 17.2. The van der Waals surface area contributed by atoms with Crippen LogP contribution in [0.4, 0.5) is 0 Å². The van der Waals surface area contributed by atoms with E-state index in [4.69, 9.17) is 9.94 Å². The molecule has 0 spiro atoms. The number of carboxylic acid groups (broad SMARTS) is 2. The van der Waals surface area contributed by atoms with E-state index in [1.54, 1.807) is 0 Å². The number of carbonyl (C=O) groups is 5. The zero-order valence-corrected chi connectivity index (χ0v) is 21.3. The summed E-state index contributed by atoms with van der Waals surface area (Å²) in [7, 11) is 0. The molecule has 10 heteroatoms. The third-order valence-corrected chi connectivity index (χ3v) is 6.15. The van der Waals surface area contributed by atoms with E-state index in [1.807, 2.05) is 0 Å². The molecule has 36 heavy (non-hydrogen) atoms. The standard InChI is InChI=1S/C26H42N2O8/c1-20-16-18-23(30)28(20)36-25(33)19-17-21(26(34)35)27-22(29)14-12-10-8-6-4-2-3-5-7-9-11-13-15-24(31)32/h21H,1-19H2,(H,27,29)(H,31,32)(H,34,35)/t21-/m0/s1. The number of amides is 2. The average molecular weight is 511 g/mol. The Hall–Kier alpha value is -2.91. The fourth-order valence-corrected chi connectivity index (χ4v) is 4.01. The van der Waals surface area contributed by atoms with Crippen molar-refractivity contribution >= 4 is 29.7 Å². The van der Waals surface area contributed by atoms with Gasteiger partial charge in [-0.1, -0.05) is 70.8 Å². The lowest BCUT2D eigenvalue weighted by Crippen LogP contribution is -2.41. The Morgan fingerprint density at radius 3 is 1.75 bits per heavy atom. The van der Waals surface area contributed by atoms with Crippen molar-refractivity contribution in [2.24, 2.45) is 0 Å². The number of hydrogen-bond acceptors (Lipinski definition) is 6. The second-order valence-corrected chi connectivity index (χ2v) is 9.35. The molecule has 0 aromatic carbocycles. The molecule has 3 N–H and O–H groups in total. The lowest BCUT2D eigenvalue weighted by molar-refractivity contribution is -0.186. The Kier molecular flexibility index (Phi) is 15.9. The van der Waals surface area contributed by atoms with E-state index < -0.39 is 23.9 Å². The van der Waals surface area contributed by atoms with Gasteiger partial charge in [0, 0.05) is 19.3 Å². The number of hydrogen-bond donors (Lipinski definition) is 3. The summed E-state index contributed by atoms with van der Waals surface area (Å²) in [5, 5.41) is 21.2. The van der Waals surface area contributed by atoms with Crippen molar-refractivity contribution in [2.75, 3.05) is 0 Å². The number of unbranched alkanes of at least 4 members (excludes halogenated alkanes) is 11. The van der Waals surface area contributed by atoms with Crippen LogP contribution in [0, 0.1) is 0 Å². The van der Waals surface area contributed by atoms with Gasteiger partial charge in [-0.15, -0.1) is 5.06 Å². The van der Waals surface area contributed by atoms with E-state index >= 15 is 0 Å². The minimum Gasteiger partial charge on any atom is -0.481 e. The van der Waals surface area contributed by atoms with Crippen LogP contribution in [0.3, 0.4) is 0 Å². The maximum atomic E-state index is 12.1. The number of carbonyl (C=O) groups excluding carboxylic acids is 3. The molecule has 0 bridgehead atoms. The van der Waals surface area contributed by atoms with Gasteiger partial charge in [0.2, 0.25) is 5.91 Å². The predicted octanol–water partition coefficient (Wildman–Crippen LogP) is 4.48. The maximum Gasteiger partial charge on any atom is 0.333 e. The first-order valence-electron chi connectivity index (χ1n) is 13.2. The summed E-state index contributed by atoms with van der Waals surface area (Å²) in [5.41, 5.74) is 0.387. The zero-order chi connectivity index (χ0) is 26.8. The van der Waals surface area contributed by atoms with E-state index in [0.29, 0.717) is 18.5 Å². The van der Waals surface area contributed by atoms with E-state index in [1.165, 1.54) is 19.3 Å². The van der Waals surface area contributed by atoms with Gasteiger partial charge in [0.05, 0.1) is 12.1 Å². The van der Waals surface area contributed by atoms with Crippen molar-refractivity contribution in [3.8, 4) is 0 Å². The first kappa shape index (κ1) is 31.1. The summed E-state index contributed by atoms with van der Waals surface area (Å²) in [6.45, 7) is 3.64. The molecule has 1 rings (SSSR count). The quantitative estimate of drug-likeness (QED) is 0.191. The topological polar surface area (TPSA) is 150 Å². The highest BCUT2D eigenvalue weighted by atomic mass is 16.7. The maximum absolute atomic E-state index is 12.1. The van der Waals surface area contributed by atoms with Crippen molar-refractivity contribution < 1.29 is 39.0 Å². The summed E-state index contributed by atoms with van der Waals surface area (Å²) >= 11 is 0. The number of nitrogens with zero attached hydrogens (tertiary/aromatic N) is 1. The molecular weight excluding hydrogens is 468 g/mol. The van der Waals surface area contributed by atoms with Gasteiger partial charge in [-0.2, -0.15) is 0 Å². The van der Waals surface area contributed by atoms with Gasteiger partial charge in [-0.3, -0.25) is 14.4 Å². The molecule has 2 amide bonds. The molecule has 1 aliphatic heterocycles. The highest BCUT2D eigenvalue weighted by molar-refractivity contribution is 5.84. The van der Waals surface area contributed by atoms with E-state index in [2.05, 4.69) is 11.9 Å². The lowest BCUT2D eigenvalue weighted by atomic mass is 10.0. The van der Waals surface area contributed by atoms with E-state index in [-0.39, 0.29) is 43.9 Å². The van der Waals surface area contributed by atoms with Crippen LogP contribution in [-0.2, 0) is 28.8 Å². The highest BCUT2D eigenvalue weighted by Gasteiger charge is 2.29. The van der Waals surface area contributed by atoms with Gasteiger partial charge in [0.25, 0.3) is 5.91 Å². The third kappa shape index (κ3) is 14.5. The summed E-state index contributed by atoms with van der Waals surface area (Å²) in [5.74, 6) is -3.42. The van der Waals surface area contributed by atoms with Crippen molar-refractivity contribution in [3.05, 3.63) is 12.3 Å². The molecular formula is C26H42N2O8. The van der Waals surface area contributed by atoms with Gasteiger partial charge in [-0.05, 0) is 25.7 Å². The molecule has 0 aliphatic carbocycles. The monoisotopic (exact) mass is 510 g/mol. The first-order valence-corrected chi connectivity index (χ1v) is 13.2. The Balaban J connectivity index is 2.04. The molecule has 0 aromatic heterocycles. The number of hydroxylamine groups is 2. The van der Waals surface area contributed by atoms with Gasteiger partial charge in [-0.25, -0.2) is 9.59 Å². The highest BCUT2D eigenvalue weighted by Crippen LogP contribution is 2.21. The molecule has 0 unspecified atom stereocenters. The SMILES string of the molecule is C=C1CCC(=O)N1OC(=O)CC[C@H](NC(=O)CCCCCCCCCCCCCCC(=O)O)C(=O)O. The number of nitrogens with one attached hydrogen (secondary N) is 1. The molecule has 0 radical (unpaired) electrons. The van der Waals surface area contributed by atoms with Crippen LogP contribution in [0.1, 0.15) is 116 Å². The molecule has 0 saturated carbocycles. The van der Waals surface area contributed by atoms with Crippen LogP contribution in [0.15, 0.2) is 12.3 Å². The Labute approximate surface area is 213 Å². The third-order valence-electron chi connectivity index (χ3n) is 6.15. The molecule has 1 fully saturated rings. The summed E-state index contributed by atoms with van der Waals surface area (Å²) in [6.07, 6.45) is 13.2. The number of rotatable bonds is 21. The lowest BCUT2D eigenvalue weighted by Gasteiger charge is -2.17. The zero-order valence-electron chi connectivity index (χ0n) is 21.3. The second-order valence-electron chi connectivity index (χ2n) is 9.35. The van der Waals surface area contributed by atoms with Crippen molar-refractivity contribution in [2.45, 2.75) is 122 Å². The molecule has 10 nitrogen and oxygen atoms in total. The molecule has 1 heterocycles. The van der Waals surface area contributed by atoms with Crippen LogP contribution in [-0.4, -0.2) is 51.0 Å². The van der Waals surface area contributed by atoms with E-state index in [9.17, 15) is 29.1 Å². The molecule has 1 saturated heterocycles. The molecule has 204 valence electrons. The summed E-state index contributed by atoms with van der Waals surface area (Å²) < 4.78 is 0. The van der Waals surface area contributed by atoms with Gasteiger partial charge < -0.3 is 20.4 Å². The Morgan fingerprint density at radius 2 is 1.31 bits per heavy atom. The number of allylic oxidation sites excluding steroid dienone is 1. The van der Waals surface area contributed by atoms with Crippen LogP contribution >= 0.6 is 0 Å². The Morgan fingerprint density at radius 1 is 0.806 bits per heavy atom. The largest absolute Gasteiger partial charge is 0.481 e. The summed E-state index contributed by atoms with van der Waals surface area (Å²) in [6, 6.07) is -1.19. The minimum absolute atomic E-state index is 0.128. The van der Waals surface area contributed by atoms with Crippen molar-refractivity contribution in [1.82, 2.24) is 10.4 Å².